The Bertz CT molecular complexity index is 2200. The van der Waals surface area contributed by atoms with E-state index in [1.165, 1.54) is 24.2 Å². The van der Waals surface area contributed by atoms with E-state index in [9.17, 15) is 4.79 Å². The Hall–Kier alpha value is -4.81. The van der Waals surface area contributed by atoms with Crippen LogP contribution in [0.5, 0.6) is 5.75 Å². The second-order valence-electron chi connectivity index (χ2n) is 13.2. The van der Waals surface area contributed by atoms with Gasteiger partial charge in [0, 0.05) is 54.3 Å². The van der Waals surface area contributed by atoms with Gasteiger partial charge in [0.2, 0.25) is 5.13 Å². The minimum Gasteiger partial charge on any atom is -0.494 e. The molecule has 3 unspecified atom stereocenters. The van der Waals surface area contributed by atoms with Crippen LogP contribution in [0.25, 0.3) is 55.4 Å². The number of nitrogens with zero attached hydrogens (tertiary/aromatic N) is 7. The topological polar surface area (TPSA) is 143 Å². The first-order valence-corrected chi connectivity index (χ1v) is 17.0. The number of aromatic nitrogens is 6. The van der Waals surface area contributed by atoms with Crippen molar-refractivity contribution in [2.45, 2.75) is 44.3 Å². The number of piperidine rings is 1. The number of methoxy groups -OCH3 is 1. The maximum atomic E-state index is 13.8. The molecule has 238 valence electrons. The first-order valence-electron chi connectivity index (χ1n) is 16.2. The second kappa shape index (κ2) is 10.6. The van der Waals surface area contributed by atoms with Crippen molar-refractivity contribution in [3.05, 3.63) is 60.2 Å². The van der Waals surface area contributed by atoms with Crippen LogP contribution < -0.4 is 16.2 Å². The number of likely N-dealkylation sites (tertiary alicyclic amines) is 1. The fourth-order valence-electron chi connectivity index (χ4n) is 7.62. The molecule has 3 atom stereocenters. The lowest BCUT2D eigenvalue weighted by molar-refractivity contribution is 0.0700. The Morgan fingerprint density at radius 1 is 1.00 bits per heavy atom. The van der Waals surface area contributed by atoms with E-state index in [-0.39, 0.29) is 18.0 Å². The molecule has 47 heavy (non-hydrogen) atoms. The highest BCUT2D eigenvalue weighted by Gasteiger charge is 2.47. The summed E-state index contributed by atoms with van der Waals surface area (Å²) in [4.78, 5) is 26.1. The van der Waals surface area contributed by atoms with Gasteiger partial charge >= 0.3 is 0 Å². The molecule has 4 N–H and O–H groups in total. The molecule has 1 amide bonds. The van der Waals surface area contributed by atoms with Gasteiger partial charge in [0.25, 0.3) is 5.91 Å². The zero-order valence-corrected chi connectivity index (χ0v) is 27.1. The average molecular weight is 646 g/mol. The van der Waals surface area contributed by atoms with E-state index in [1.54, 1.807) is 7.11 Å². The summed E-state index contributed by atoms with van der Waals surface area (Å²) < 4.78 is 10.3. The summed E-state index contributed by atoms with van der Waals surface area (Å²) in [5.74, 6) is 2.44. The molecule has 0 spiro atoms. The Labute approximate surface area is 275 Å². The van der Waals surface area contributed by atoms with E-state index in [1.807, 2.05) is 36.2 Å². The monoisotopic (exact) mass is 645 g/mol. The SMILES string of the molecule is COc1cc(C(=O)N2CC3CCC2C3N)cc2nc(-c3cc4ccc(-c5ccc(-c6nnc(N)s6)cc5)nc4n3CC3CC3)n(C)c12. The number of aryl methyl sites for hydroxylation is 1. The number of anilines is 1. The largest absolute Gasteiger partial charge is 0.494 e. The minimum absolute atomic E-state index is 0.000103. The van der Waals surface area contributed by atoms with Crippen molar-refractivity contribution in [1.82, 2.24) is 34.2 Å². The zero-order chi connectivity index (χ0) is 32.0. The molecule has 9 rings (SSSR count). The molecule has 11 nitrogen and oxygen atoms in total. The number of benzene rings is 2. The van der Waals surface area contributed by atoms with Gasteiger partial charge in [0.1, 0.15) is 21.9 Å². The molecule has 2 aromatic carbocycles. The minimum atomic E-state index is 0.000103. The van der Waals surface area contributed by atoms with Crippen LogP contribution in [0, 0.1) is 11.8 Å². The Morgan fingerprint density at radius 3 is 2.49 bits per heavy atom. The van der Waals surface area contributed by atoms with Crippen molar-refractivity contribution >= 4 is 44.4 Å². The number of nitrogens with two attached hydrogens (primary N) is 2. The third-order valence-corrected chi connectivity index (χ3v) is 11.1. The molecule has 3 aliphatic rings. The summed E-state index contributed by atoms with van der Waals surface area (Å²) in [6, 6.07) is 18.5. The first-order chi connectivity index (χ1) is 22.9. The number of nitrogen functional groups attached to an aromatic ring is 1. The number of amides is 1. The van der Waals surface area contributed by atoms with Crippen molar-refractivity contribution in [2.24, 2.45) is 24.6 Å². The summed E-state index contributed by atoms with van der Waals surface area (Å²) in [5.41, 5.74) is 19.2. The molecule has 3 fully saturated rings. The highest BCUT2D eigenvalue weighted by atomic mass is 32.1. The standard InChI is InChI=1S/C35H35N9O2S/c1-42-30-25(13-23(15-28(30)46-2)34(45)44-17-22-10-12-26(44)29(22)36)39-32(42)27-14-21-9-11-24(38-31(21)43(27)16-18-3-4-18)19-5-7-20(8-6-19)33-40-41-35(37)47-33/h5-9,11,13-15,18,22,26,29H,3-4,10,12,16-17,36H2,1-2H3,(H2,37,41). The number of hydrogen-bond donors (Lipinski definition) is 2. The van der Waals surface area contributed by atoms with Gasteiger partial charge in [-0.2, -0.15) is 0 Å². The van der Waals surface area contributed by atoms with Crippen LogP contribution >= 0.6 is 11.3 Å². The van der Waals surface area contributed by atoms with E-state index in [2.05, 4.69) is 49.7 Å². The van der Waals surface area contributed by atoms with Crippen LogP contribution in [0.1, 0.15) is 36.0 Å². The molecule has 6 aromatic rings. The predicted octanol–water partition coefficient (Wildman–Crippen LogP) is 5.34. The highest BCUT2D eigenvalue weighted by molar-refractivity contribution is 7.18. The number of carbonyl (C=O) groups excluding carboxylic acids is 1. The van der Waals surface area contributed by atoms with Crippen LogP contribution in [-0.2, 0) is 13.6 Å². The molecule has 1 aliphatic heterocycles. The van der Waals surface area contributed by atoms with Crippen LogP contribution in [-0.4, -0.2) is 65.8 Å². The lowest BCUT2D eigenvalue weighted by atomic mass is 10.1. The number of ether oxygens (including phenoxy) is 1. The summed E-state index contributed by atoms with van der Waals surface area (Å²) in [7, 11) is 3.66. The lowest BCUT2D eigenvalue weighted by Gasteiger charge is -2.27. The van der Waals surface area contributed by atoms with Crippen LogP contribution in [0.4, 0.5) is 5.13 Å². The number of pyridine rings is 1. The number of carbonyl (C=O) groups is 1. The quantitative estimate of drug-likeness (QED) is 0.237. The van der Waals surface area contributed by atoms with Gasteiger partial charge in [-0.05, 0) is 67.9 Å². The van der Waals surface area contributed by atoms with Crippen molar-refractivity contribution in [3.63, 3.8) is 0 Å². The van der Waals surface area contributed by atoms with Crippen molar-refractivity contribution < 1.29 is 9.53 Å². The lowest BCUT2D eigenvalue weighted by Crippen LogP contribution is -2.41. The normalized spacial score (nSPS) is 20.6. The number of hydrogen-bond acceptors (Lipinski definition) is 9. The molecule has 4 aromatic heterocycles. The van der Waals surface area contributed by atoms with Crippen LogP contribution in [0.2, 0.25) is 0 Å². The molecule has 12 heteroatoms. The van der Waals surface area contributed by atoms with Gasteiger partial charge in [-0.1, -0.05) is 35.6 Å². The van der Waals surface area contributed by atoms with Gasteiger partial charge in [-0.3, -0.25) is 4.79 Å². The number of imidazole rings is 1. The van der Waals surface area contributed by atoms with Gasteiger partial charge in [0.05, 0.1) is 24.0 Å². The molecule has 2 saturated carbocycles. The van der Waals surface area contributed by atoms with Crippen molar-refractivity contribution in [3.8, 4) is 39.1 Å². The van der Waals surface area contributed by atoms with Gasteiger partial charge in [-0.25, -0.2) is 9.97 Å². The van der Waals surface area contributed by atoms with Gasteiger partial charge in [0.15, 0.2) is 5.82 Å². The molecular formula is C35H35N9O2S. The van der Waals surface area contributed by atoms with E-state index in [0.717, 1.165) is 81.3 Å². The molecule has 5 heterocycles. The zero-order valence-electron chi connectivity index (χ0n) is 26.3. The Kier molecular flexibility index (Phi) is 6.41. The van der Waals surface area contributed by atoms with E-state index in [0.29, 0.717) is 28.3 Å². The fraction of sp³-hybridized carbons (Fsp3) is 0.343. The van der Waals surface area contributed by atoms with Gasteiger partial charge < -0.3 is 30.2 Å². The molecule has 2 aliphatic carbocycles. The van der Waals surface area contributed by atoms with Crippen molar-refractivity contribution in [1.29, 1.82) is 0 Å². The maximum Gasteiger partial charge on any atom is 0.254 e. The van der Waals surface area contributed by atoms with E-state index in [4.69, 9.17) is 26.2 Å². The summed E-state index contributed by atoms with van der Waals surface area (Å²) in [6.45, 7) is 1.59. The van der Waals surface area contributed by atoms with Crippen LogP contribution in [0.3, 0.4) is 0 Å². The number of rotatable bonds is 7. The third kappa shape index (κ3) is 4.61. The Morgan fingerprint density at radius 2 is 1.81 bits per heavy atom. The van der Waals surface area contributed by atoms with E-state index >= 15 is 0 Å². The molecule has 0 radical (unpaired) electrons. The number of fused-ring (bicyclic) bond motifs is 4. The summed E-state index contributed by atoms with van der Waals surface area (Å²) in [5, 5.41) is 10.4. The van der Waals surface area contributed by atoms with Crippen LogP contribution in [0.15, 0.2) is 54.6 Å². The summed E-state index contributed by atoms with van der Waals surface area (Å²) in [6.07, 6.45) is 4.48. The van der Waals surface area contributed by atoms with Crippen molar-refractivity contribution in [2.75, 3.05) is 19.4 Å². The molecule has 1 saturated heterocycles. The Balaban J connectivity index is 1.11. The second-order valence-corrected chi connectivity index (χ2v) is 14.2. The van der Waals surface area contributed by atoms with Gasteiger partial charge in [-0.15, -0.1) is 10.2 Å². The van der Waals surface area contributed by atoms with E-state index < -0.39 is 0 Å². The predicted molar refractivity (Wildman–Crippen MR) is 183 cm³/mol. The average Bonchev–Trinajstić information content (AvgIpc) is 3.34. The smallest absolute Gasteiger partial charge is 0.254 e. The fourth-order valence-corrected chi connectivity index (χ4v) is 8.23. The highest BCUT2D eigenvalue weighted by Crippen LogP contribution is 2.40. The molecular weight excluding hydrogens is 611 g/mol. The maximum absolute atomic E-state index is 13.8. The molecule has 2 bridgehead atoms. The first kappa shape index (κ1) is 28.4. The summed E-state index contributed by atoms with van der Waals surface area (Å²) >= 11 is 1.37. The third-order valence-electron chi connectivity index (χ3n) is 10.3.